The van der Waals surface area contributed by atoms with Crippen LogP contribution in [0.2, 0.25) is 5.02 Å². The number of aliphatic carboxylic acids is 1. The Bertz CT molecular complexity index is 605. The molecule has 0 aromatic heterocycles. The highest BCUT2D eigenvalue weighted by Crippen LogP contribution is 2.28. The monoisotopic (exact) mass is 311 g/mol. The number of carboxylic acid groups (broad SMARTS) is 1. The lowest BCUT2D eigenvalue weighted by molar-refractivity contribution is -0.138. The topological polar surface area (TPSA) is 98.7 Å². The molecular formula is C13H14ClN3O4. The Morgan fingerprint density at radius 3 is 2.76 bits per heavy atom. The van der Waals surface area contributed by atoms with Gasteiger partial charge in [-0.25, -0.2) is 4.79 Å². The molecule has 1 aromatic rings. The highest BCUT2D eigenvalue weighted by atomic mass is 35.5. The number of carbonyl (C=O) groups is 3. The highest BCUT2D eigenvalue weighted by Gasteiger charge is 2.24. The molecule has 3 N–H and O–H groups in total. The maximum absolute atomic E-state index is 12.0. The van der Waals surface area contributed by atoms with Gasteiger partial charge < -0.3 is 15.7 Å². The number of carbonyl (C=O) groups excluding carboxylic acids is 2. The second-order valence-corrected chi connectivity index (χ2v) is 4.99. The van der Waals surface area contributed by atoms with Crippen molar-refractivity contribution in [3.05, 3.63) is 28.8 Å². The number of benzene rings is 1. The van der Waals surface area contributed by atoms with Crippen LogP contribution in [0.3, 0.4) is 0 Å². The molecule has 1 heterocycles. The minimum absolute atomic E-state index is 0.238. The number of hydrogen-bond donors (Lipinski definition) is 3. The third-order valence-corrected chi connectivity index (χ3v) is 3.39. The van der Waals surface area contributed by atoms with Gasteiger partial charge in [0, 0.05) is 18.7 Å². The van der Waals surface area contributed by atoms with Crippen LogP contribution in [0.5, 0.6) is 0 Å². The van der Waals surface area contributed by atoms with Crippen LogP contribution in [0.25, 0.3) is 0 Å². The number of nitrogens with zero attached hydrogens (tertiary/aromatic N) is 1. The van der Waals surface area contributed by atoms with Gasteiger partial charge in [-0.15, -0.1) is 0 Å². The van der Waals surface area contributed by atoms with E-state index in [1.807, 2.05) is 0 Å². The van der Waals surface area contributed by atoms with Crippen molar-refractivity contribution in [3.63, 3.8) is 0 Å². The molecule has 0 spiro atoms. The first-order valence-corrected chi connectivity index (χ1v) is 6.66. The van der Waals surface area contributed by atoms with Crippen molar-refractivity contribution in [1.29, 1.82) is 0 Å². The predicted molar refractivity (Wildman–Crippen MR) is 76.8 cm³/mol. The van der Waals surface area contributed by atoms with Crippen molar-refractivity contribution in [1.82, 2.24) is 10.6 Å². The van der Waals surface area contributed by atoms with Crippen molar-refractivity contribution < 1.29 is 19.5 Å². The molecule has 2 rings (SSSR count). The fraction of sp³-hybridized carbons (Fsp3) is 0.308. The molecule has 7 nitrogen and oxygen atoms in total. The van der Waals surface area contributed by atoms with Crippen molar-refractivity contribution in [2.75, 3.05) is 18.0 Å². The van der Waals surface area contributed by atoms with Crippen molar-refractivity contribution in [2.24, 2.45) is 0 Å². The Hall–Kier alpha value is -2.28. The molecule has 21 heavy (non-hydrogen) atoms. The molecule has 1 aliphatic rings. The van der Waals surface area contributed by atoms with Gasteiger partial charge in [-0.3, -0.25) is 14.5 Å². The third-order valence-electron chi connectivity index (χ3n) is 3.07. The summed E-state index contributed by atoms with van der Waals surface area (Å²) in [6, 6.07) is 3.16. The Morgan fingerprint density at radius 2 is 2.19 bits per heavy atom. The predicted octanol–water partition coefficient (Wildman–Crippen LogP) is 1.07. The molecule has 1 fully saturated rings. The van der Waals surface area contributed by atoms with Crippen molar-refractivity contribution in [2.45, 2.75) is 13.0 Å². The van der Waals surface area contributed by atoms with E-state index in [0.717, 1.165) is 0 Å². The van der Waals surface area contributed by atoms with Crippen LogP contribution in [-0.2, 0) is 4.79 Å². The first-order valence-electron chi connectivity index (χ1n) is 6.28. The number of hydrogen-bond acceptors (Lipinski definition) is 3. The summed E-state index contributed by atoms with van der Waals surface area (Å²) >= 11 is 6.05. The second-order valence-electron chi connectivity index (χ2n) is 4.58. The van der Waals surface area contributed by atoms with Crippen LogP contribution in [0, 0.1) is 0 Å². The first kappa shape index (κ1) is 15.1. The normalized spacial score (nSPS) is 15.5. The lowest BCUT2D eigenvalue weighted by Gasteiger charge is -2.17. The van der Waals surface area contributed by atoms with Gasteiger partial charge in [0.05, 0.1) is 10.7 Å². The molecule has 3 amide bonds. The second kappa shape index (κ2) is 6.01. The fourth-order valence-electron chi connectivity index (χ4n) is 1.90. The maximum Gasteiger partial charge on any atom is 0.325 e. The molecule has 1 atom stereocenters. The standard InChI is InChI=1S/C13H14ClN3O4/c1-7(12(19)20)16-11(18)8-2-3-9(14)10(6-8)17-5-4-15-13(17)21/h2-3,6-7H,4-5H2,1H3,(H,15,21)(H,16,18)(H,19,20)/t7-/m1/s1. The molecule has 1 aromatic carbocycles. The SMILES string of the molecule is C[C@@H](NC(=O)c1ccc(Cl)c(N2CCNC2=O)c1)C(=O)O. The van der Waals surface area contributed by atoms with Crippen LogP contribution in [-0.4, -0.2) is 42.1 Å². The van der Waals surface area contributed by atoms with E-state index in [2.05, 4.69) is 10.6 Å². The van der Waals surface area contributed by atoms with Gasteiger partial charge >= 0.3 is 12.0 Å². The molecule has 0 radical (unpaired) electrons. The molecule has 8 heteroatoms. The zero-order chi connectivity index (χ0) is 15.6. The lowest BCUT2D eigenvalue weighted by atomic mass is 10.1. The molecule has 0 saturated carbocycles. The van der Waals surface area contributed by atoms with Gasteiger partial charge in [0.25, 0.3) is 5.91 Å². The van der Waals surface area contributed by atoms with Gasteiger partial charge in [-0.2, -0.15) is 0 Å². The number of anilines is 1. The Kier molecular flexibility index (Phi) is 4.32. The summed E-state index contributed by atoms with van der Waals surface area (Å²) in [4.78, 5) is 35.8. The van der Waals surface area contributed by atoms with Gasteiger partial charge in [-0.05, 0) is 25.1 Å². The van der Waals surface area contributed by atoms with E-state index in [1.165, 1.54) is 30.0 Å². The van der Waals surface area contributed by atoms with Crippen molar-refractivity contribution >= 4 is 35.2 Å². The van der Waals surface area contributed by atoms with E-state index < -0.39 is 17.9 Å². The summed E-state index contributed by atoms with van der Waals surface area (Å²) in [5, 5.41) is 14.1. The fourth-order valence-corrected chi connectivity index (χ4v) is 2.12. The zero-order valence-corrected chi connectivity index (χ0v) is 12.0. The van der Waals surface area contributed by atoms with Gasteiger partial charge in [-0.1, -0.05) is 11.6 Å². The molecular weight excluding hydrogens is 298 g/mol. The number of carboxylic acids is 1. The Morgan fingerprint density at radius 1 is 1.48 bits per heavy atom. The quantitative estimate of drug-likeness (QED) is 0.774. The van der Waals surface area contributed by atoms with Crippen LogP contribution in [0.15, 0.2) is 18.2 Å². The summed E-state index contributed by atoms with van der Waals surface area (Å²) in [5.41, 5.74) is 0.657. The van der Waals surface area contributed by atoms with Crippen LogP contribution >= 0.6 is 11.6 Å². The molecule has 0 aliphatic carbocycles. The van der Waals surface area contributed by atoms with E-state index in [9.17, 15) is 14.4 Å². The van der Waals surface area contributed by atoms with Gasteiger partial charge in [0.2, 0.25) is 0 Å². The summed E-state index contributed by atoms with van der Waals surface area (Å²) in [6.45, 7) is 2.32. The number of urea groups is 1. The number of amides is 3. The van der Waals surface area contributed by atoms with Crippen LogP contribution < -0.4 is 15.5 Å². The Balaban J connectivity index is 2.24. The molecule has 112 valence electrons. The summed E-state index contributed by atoms with van der Waals surface area (Å²) in [7, 11) is 0. The summed E-state index contributed by atoms with van der Waals surface area (Å²) in [6.07, 6.45) is 0. The molecule has 1 aliphatic heterocycles. The first-order chi connectivity index (χ1) is 9.90. The number of rotatable bonds is 4. The van der Waals surface area contributed by atoms with Crippen molar-refractivity contribution in [3.8, 4) is 0 Å². The zero-order valence-electron chi connectivity index (χ0n) is 11.2. The average molecular weight is 312 g/mol. The van der Waals surface area contributed by atoms with E-state index in [4.69, 9.17) is 16.7 Å². The van der Waals surface area contributed by atoms with E-state index in [1.54, 1.807) is 0 Å². The molecule has 0 bridgehead atoms. The largest absolute Gasteiger partial charge is 0.480 e. The Labute approximate surface area is 125 Å². The molecule has 0 unspecified atom stereocenters. The van der Waals surface area contributed by atoms with E-state index >= 15 is 0 Å². The minimum Gasteiger partial charge on any atom is -0.480 e. The van der Waals surface area contributed by atoms with Gasteiger partial charge in [0.1, 0.15) is 6.04 Å². The highest BCUT2D eigenvalue weighted by molar-refractivity contribution is 6.34. The van der Waals surface area contributed by atoms with E-state index in [0.29, 0.717) is 23.8 Å². The number of nitrogens with one attached hydrogen (secondary N) is 2. The molecule has 1 saturated heterocycles. The minimum atomic E-state index is -1.13. The summed E-state index contributed by atoms with van der Waals surface area (Å²) in [5.74, 6) is -1.67. The van der Waals surface area contributed by atoms with Gasteiger partial charge in [0.15, 0.2) is 0 Å². The summed E-state index contributed by atoms with van der Waals surface area (Å²) < 4.78 is 0. The maximum atomic E-state index is 12.0. The van der Waals surface area contributed by atoms with Crippen LogP contribution in [0.1, 0.15) is 17.3 Å². The van der Waals surface area contributed by atoms with E-state index in [-0.39, 0.29) is 11.6 Å². The lowest BCUT2D eigenvalue weighted by Crippen LogP contribution is -2.38. The van der Waals surface area contributed by atoms with Crippen LogP contribution in [0.4, 0.5) is 10.5 Å². The third kappa shape index (κ3) is 3.25. The number of halogens is 1. The average Bonchev–Trinajstić information content (AvgIpc) is 2.85. The smallest absolute Gasteiger partial charge is 0.325 e.